The molecule has 0 bridgehead atoms. The first-order chi connectivity index (χ1) is 11.1. The van der Waals surface area contributed by atoms with E-state index in [1.807, 2.05) is 12.1 Å². The molecule has 2 aromatic carbocycles. The van der Waals surface area contributed by atoms with E-state index in [4.69, 9.17) is 5.73 Å². The first-order valence-electron chi connectivity index (χ1n) is 7.95. The van der Waals surface area contributed by atoms with Gasteiger partial charge >= 0.3 is 0 Å². The lowest BCUT2D eigenvalue weighted by Gasteiger charge is -2.10. The summed E-state index contributed by atoms with van der Waals surface area (Å²) in [7, 11) is 4.13. The molecular formula is C19H26N4. The standard InChI is InChI=1S/C19H26N4/c1-4-15-9-11-18(12-10-15)22-19(20)21-13-16-5-7-17(8-6-16)14-23(2)3/h5-12H,4,13-14H2,1-3H3,(H3,20,21,22). The minimum atomic E-state index is 0.437. The summed E-state index contributed by atoms with van der Waals surface area (Å²) in [4.78, 5) is 6.55. The molecule has 0 aliphatic carbocycles. The number of hydrogen-bond acceptors (Lipinski definition) is 2. The lowest BCUT2D eigenvalue weighted by Crippen LogP contribution is -2.22. The fraction of sp³-hybridized carbons (Fsp3) is 0.316. The van der Waals surface area contributed by atoms with Crippen LogP contribution in [-0.2, 0) is 19.5 Å². The van der Waals surface area contributed by atoms with Crippen LogP contribution in [0.2, 0.25) is 0 Å². The molecule has 0 aromatic heterocycles. The number of rotatable bonds is 6. The largest absolute Gasteiger partial charge is 0.370 e. The second kappa shape index (κ2) is 8.34. The summed E-state index contributed by atoms with van der Waals surface area (Å²) in [5.41, 5.74) is 10.7. The van der Waals surface area contributed by atoms with E-state index < -0.39 is 0 Å². The average molecular weight is 310 g/mol. The van der Waals surface area contributed by atoms with Crippen molar-refractivity contribution in [3.05, 3.63) is 65.2 Å². The first kappa shape index (κ1) is 17.0. The van der Waals surface area contributed by atoms with Gasteiger partial charge in [0.25, 0.3) is 0 Å². The maximum absolute atomic E-state index is 5.95. The predicted octanol–water partition coefficient (Wildman–Crippen LogP) is 3.24. The van der Waals surface area contributed by atoms with E-state index in [-0.39, 0.29) is 0 Å². The zero-order valence-corrected chi connectivity index (χ0v) is 14.2. The van der Waals surface area contributed by atoms with Crippen molar-refractivity contribution in [2.24, 2.45) is 10.7 Å². The van der Waals surface area contributed by atoms with Crippen molar-refractivity contribution in [2.45, 2.75) is 26.4 Å². The fourth-order valence-corrected chi connectivity index (χ4v) is 2.30. The van der Waals surface area contributed by atoms with Gasteiger partial charge in [-0.1, -0.05) is 43.3 Å². The summed E-state index contributed by atoms with van der Waals surface area (Å²) in [6.45, 7) is 3.66. The highest BCUT2D eigenvalue weighted by Crippen LogP contribution is 2.10. The Bertz CT molecular complexity index is 627. The third kappa shape index (κ3) is 5.75. The molecule has 0 radical (unpaired) electrons. The van der Waals surface area contributed by atoms with E-state index in [2.05, 4.69) is 72.6 Å². The van der Waals surface area contributed by atoms with E-state index in [1.165, 1.54) is 11.1 Å². The fourth-order valence-electron chi connectivity index (χ4n) is 2.30. The van der Waals surface area contributed by atoms with Crippen LogP contribution in [0.4, 0.5) is 5.69 Å². The second-order valence-corrected chi connectivity index (χ2v) is 5.93. The molecule has 0 unspecified atom stereocenters. The summed E-state index contributed by atoms with van der Waals surface area (Å²) >= 11 is 0. The molecule has 0 saturated heterocycles. The van der Waals surface area contributed by atoms with Crippen LogP contribution in [-0.4, -0.2) is 25.0 Å². The van der Waals surface area contributed by atoms with Crippen LogP contribution < -0.4 is 11.1 Å². The number of guanidine groups is 1. The van der Waals surface area contributed by atoms with Gasteiger partial charge in [-0.05, 0) is 49.3 Å². The maximum atomic E-state index is 5.95. The topological polar surface area (TPSA) is 53.6 Å². The molecule has 0 saturated carbocycles. The number of anilines is 1. The van der Waals surface area contributed by atoms with Gasteiger partial charge in [-0.15, -0.1) is 0 Å². The number of nitrogens with two attached hydrogens (primary N) is 1. The molecule has 2 rings (SSSR count). The van der Waals surface area contributed by atoms with E-state index in [0.717, 1.165) is 24.2 Å². The Kier molecular flexibility index (Phi) is 6.18. The van der Waals surface area contributed by atoms with Crippen molar-refractivity contribution in [3.63, 3.8) is 0 Å². The molecule has 0 heterocycles. The second-order valence-electron chi connectivity index (χ2n) is 5.93. The quantitative estimate of drug-likeness (QED) is 0.636. The third-order valence-corrected chi connectivity index (χ3v) is 3.59. The molecule has 0 aliphatic heterocycles. The molecule has 4 heteroatoms. The van der Waals surface area contributed by atoms with Crippen LogP contribution in [0, 0.1) is 0 Å². The Labute approximate surface area is 139 Å². The zero-order valence-electron chi connectivity index (χ0n) is 14.2. The van der Waals surface area contributed by atoms with Crippen LogP contribution in [0.1, 0.15) is 23.6 Å². The van der Waals surface area contributed by atoms with Crippen LogP contribution in [0.25, 0.3) is 0 Å². The van der Waals surface area contributed by atoms with Gasteiger partial charge in [0.05, 0.1) is 6.54 Å². The smallest absolute Gasteiger partial charge is 0.193 e. The normalized spacial score (nSPS) is 11.7. The monoisotopic (exact) mass is 310 g/mol. The molecule has 122 valence electrons. The van der Waals surface area contributed by atoms with Gasteiger partial charge in [0.1, 0.15) is 0 Å². The van der Waals surface area contributed by atoms with E-state index >= 15 is 0 Å². The van der Waals surface area contributed by atoms with Crippen LogP contribution in [0.5, 0.6) is 0 Å². The van der Waals surface area contributed by atoms with Crippen molar-refractivity contribution in [3.8, 4) is 0 Å². The highest BCUT2D eigenvalue weighted by molar-refractivity contribution is 5.92. The van der Waals surface area contributed by atoms with Crippen LogP contribution in [0.3, 0.4) is 0 Å². The van der Waals surface area contributed by atoms with Crippen molar-refractivity contribution in [2.75, 3.05) is 19.4 Å². The highest BCUT2D eigenvalue weighted by atomic mass is 15.1. The molecule has 0 aliphatic rings. The van der Waals surface area contributed by atoms with Crippen molar-refractivity contribution >= 4 is 11.6 Å². The molecule has 4 nitrogen and oxygen atoms in total. The Balaban J connectivity index is 1.90. The van der Waals surface area contributed by atoms with Crippen molar-refractivity contribution in [1.29, 1.82) is 0 Å². The number of nitrogens with zero attached hydrogens (tertiary/aromatic N) is 2. The van der Waals surface area contributed by atoms with Crippen LogP contribution in [0.15, 0.2) is 53.5 Å². The minimum Gasteiger partial charge on any atom is -0.370 e. The number of nitrogens with one attached hydrogen (secondary N) is 1. The van der Waals surface area contributed by atoms with Gasteiger partial charge in [-0.25, -0.2) is 4.99 Å². The average Bonchev–Trinajstić information content (AvgIpc) is 2.54. The maximum Gasteiger partial charge on any atom is 0.193 e. The Morgan fingerprint density at radius 3 is 2.09 bits per heavy atom. The predicted molar refractivity (Wildman–Crippen MR) is 98.6 cm³/mol. The molecule has 0 atom stereocenters. The van der Waals surface area contributed by atoms with Gasteiger partial charge in [0, 0.05) is 12.2 Å². The molecule has 23 heavy (non-hydrogen) atoms. The summed E-state index contributed by atoms with van der Waals surface area (Å²) < 4.78 is 0. The molecular weight excluding hydrogens is 284 g/mol. The van der Waals surface area contributed by atoms with Crippen molar-refractivity contribution in [1.82, 2.24) is 4.90 Å². The molecule has 0 amide bonds. The zero-order chi connectivity index (χ0) is 16.7. The summed E-state index contributed by atoms with van der Waals surface area (Å²) in [6, 6.07) is 16.7. The minimum absolute atomic E-state index is 0.437. The molecule has 2 aromatic rings. The van der Waals surface area contributed by atoms with Crippen LogP contribution >= 0.6 is 0 Å². The van der Waals surface area contributed by atoms with Gasteiger partial charge in [0.2, 0.25) is 0 Å². The molecule has 0 fully saturated rings. The lowest BCUT2D eigenvalue weighted by atomic mass is 10.1. The summed E-state index contributed by atoms with van der Waals surface area (Å²) in [6.07, 6.45) is 1.04. The van der Waals surface area contributed by atoms with E-state index in [1.54, 1.807) is 0 Å². The number of hydrogen-bond donors (Lipinski definition) is 2. The number of aryl methyl sites for hydroxylation is 1. The number of benzene rings is 2. The Morgan fingerprint density at radius 2 is 1.52 bits per heavy atom. The van der Waals surface area contributed by atoms with Gasteiger partial charge < -0.3 is 16.0 Å². The first-order valence-corrected chi connectivity index (χ1v) is 7.95. The highest BCUT2D eigenvalue weighted by Gasteiger charge is 1.98. The van der Waals surface area contributed by atoms with Gasteiger partial charge in [0.15, 0.2) is 5.96 Å². The lowest BCUT2D eigenvalue weighted by molar-refractivity contribution is 0.402. The summed E-state index contributed by atoms with van der Waals surface area (Å²) in [5.74, 6) is 0.437. The Hall–Kier alpha value is -2.33. The SMILES string of the molecule is CCc1ccc(NC(N)=NCc2ccc(CN(C)C)cc2)cc1. The molecule has 0 spiro atoms. The van der Waals surface area contributed by atoms with Gasteiger partial charge in [-0.3, -0.25) is 0 Å². The Morgan fingerprint density at radius 1 is 0.957 bits per heavy atom. The van der Waals surface area contributed by atoms with Gasteiger partial charge in [-0.2, -0.15) is 0 Å². The van der Waals surface area contributed by atoms with E-state index in [0.29, 0.717) is 12.5 Å². The third-order valence-electron chi connectivity index (χ3n) is 3.59. The van der Waals surface area contributed by atoms with Crippen molar-refractivity contribution < 1.29 is 0 Å². The number of aliphatic imine (C=N–C) groups is 1. The summed E-state index contributed by atoms with van der Waals surface area (Å²) in [5, 5.41) is 3.12. The van der Waals surface area contributed by atoms with E-state index in [9.17, 15) is 0 Å². The molecule has 3 N–H and O–H groups in total.